The molecule has 0 radical (unpaired) electrons. The molecule has 0 aliphatic carbocycles. The van der Waals surface area contributed by atoms with Crippen LogP contribution in [-0.2, 0) is 14.3 Å². The lowest BCUT2D eigenvalue weighted by Gasteiger charge is -2.10. The van der Waals surface area contributed by atoms with Crippen LogP contribution in [0.5, 0.6) is 0 Å². The Morgan fingerprint density at radius 3 is 3.09 bits per heavy atom. The van der Waals surface area contributed by atoms with E-state index in [1.807, 2.05) is 0 Å². The van der Waals surface area contributed by atoms with Crippen LogP contribution in [0.4, 0.5) is 4.79 Å². The number of nitrogens with zero attached hydrogens (tertiary/aromatic N) is 1. The lowest BCUT2D eigenvalue weighted by Crippen LogP contribution is -2.28. The van der Waals surface area contributed by atoms with Crippen LogP contribution in [0, 0.1) is 0 Å². The molecule has 1 aliphatic rings. The summed E-state index contributed by atoms with van der Waals surface area (Å²) in [6.07, 6.45) is -0.334. The van der Waals surface area contributed by atoms with E-state index in [0.717, 1.165) is 0 Å². The highest BCUT2D eigenvalue weighted by atomic mass is 16.6. The van der Waals surface area contributed by atoms with Crippen LogP contribution in [0.3, 0.4) is 0 Å². The second-order valence-electron chi connectivity index (χ2n) is 2.07. The second-order valence-corrected chi connectivity index (χ2v) is 2.07. The first-order chi connectivity index (χ1) is 5.34. The van der Waals surface area contributed by atoms with Gasteiger partial charge in [-0.15, -0.1) is 0 Å². The molecule has 0 aromatic heterocycles. The van der Waals surface area contributed by atoms with Gasteiger partial charge in [0.05, 0.1) is 13.1 Å². The Kier molecular flexibility index (Phi) is 2.71. The van der Waals surface area contributed by atoms with E-state index in [0.29, 0.717) is 26.2 Å². The predicted molar refractivity (Wildman–Crippen MR) is 34.9 cm³/mol. The molecule has 0 bridgehead atoms. The van der Waals surface area contributed by atoms with Crippen molar-refractivity contribution in [2.24, 2.45) is 0 Å². The average Bonchev–Trinajstić information content (AvgIpc) is 2.37. The molecule has 62 valence electrons. The molecule has 0 saturated carbocycles. The normalized spacial score (nSPS) is 16.4. The van der Waals surface area contributed by atoms with Crippen LogP contribution >= 0.6 is 0 Å². The van der Waals surface area contributed by atoms with E-state index >= 15 is 0 Å². The van der Waals surface area contributed by atoms with Gasteiger partial charge in [-0.1, -0.05) is 0 Å². The highest BCUT2D eigenvalue weighted by molar-refractivity contribution is 5.69. The van der Waals surface area contributed by atoms with Gasteiger partial charge in [0.15, 0.2) is 0 Å². The van der Waals surface area contributed by atoms with Crippen LogP contribution in [0.2, 0.25) is 0 Å². The van der Waals surface area contributed by atoms with Crippen LogP contribution in [0.15, 0.2) is 0 Å². The summed E-state index contributed by atoms with van der Waals surface area (Å²) in [4.78, 5) is 21.9. The van der Waals surface area contributed by atoms with E-state index in [4.69, 9.17) is 0 Å². The van der Waals surface area contributed by atoms with Crippen molar-refractivity contribution in [3.05, 3.63) is 0 Å². The number of hydrogen-bond acceptors (Lipinski definition) is 4. The van der Waals surface area contributed by atoms with Gasteiger partial charge in [0.25, 0.3) is 6.47 Å². The molecule has 0 aromatic carbocycles. The van der Waals surface area contributed by atoms with Crippen molar-refractivity contribution in [1.29, 1.82) is 0 Å². The Hall–Kier alpha value is -1.26. The molecule has 0 atom stereocenters. The minimum Gasteiger partial charge on any atom is -0.466 e. The summed E-state index contributed by atoms with van der Waals surface area (Å²) in [7, 11) is 0. The fraction of sp³-hybridized carbons (Fsp3) is 0.667. The van der Waals surface area contributed by atoms with Crippen LogP contribution in [0.25, 0.3) is 0 Å². The molecular weight excluding hydrogens is 150 g/mol. The van der Waals surface area contributed by atoms with Crippen molar-refractivity contribution >= 4 is 12.6 Å². The van der Waals surface area contributed by atoms with Gasteiger partial charge in [0.2, 0.25) is 0 Å². The summed E-state index contributed by atoms with van der Waals surface area (Å²) >= 11 is 0. The Labute approximate surface area is 63.9 Å². The maximum absolute atomic E-state index is 10.7. The maximum atomic E-state index is 10.7. The first-order valence-corrected chi connectivity index (χ1v) is 3.31. The molecule has 1 saturated heterocycles. The smallest absolute Gasteiger partial charge is 0.410 e. The molecule has 1 fully saturated rings. The summed E-state index contributed by atoms with van der Waals surface area (Å²) < 4.78 is 9.05. The van der Waals surface area contributed by atoms with Gasteiger partial charge < -0.3 is 14.4 Å². The molecule has 5 nitrogen and oxygen atoms in total. The summed E-state index contributed by atoms with van der Waals surface area (Å²) in [5.41, 5.74) is 0. The zero-order valence-electron chi connectivity index (χ0n) is 5.99. The van der Waals surface area contributed by atoms with Gasteiger partial charge in [0.1, 0.15) is 13.2 Å². The molecular formula is C6H9NO4. The summed E-state index contributed by atoms with van der Waals surface area (Å²) in [6.45, 7) is 2.03. The molecule has 11 heavy (non-hydrogen) atoms. The Balaban J connectivity index is 2.15. The lowest BCUT2D eigenvalue weighted by molar-refractivity contribution is -0.128. The van der Waals surface area contributed by atoms with E-state index in [-0.39, 0.29) is 12.7 Å². The number of cyclic esters (lactones) is 1. The second kappa shape index (κ2) is 3.80. The Morgan fingerprint density at radius 1 is 1.73 bits per heavy atom. The first-order valence-electron chi connectivity index (χ1n) is 3.31. The van der Waals surface area contributed by atoms with Gasteiger partial charge in [-0.3, -0.25) is 4.79 Å². The number of rotatable bonds is 4. The Morgan fingerprint density at radius 2 is 2.55 bits per heavy atom. The largest absolute Gasteiger partial charge is 0.466 e. The molecule has 5 heteroatoms. The summed E-state index contributed by atoms with van der Waals surface area (Å²) in [6, 6.07) is 0. The van der Waals surface area contributed by atoms with Gasteiger partial charge in [0, 0.05) is 0 Å². The quantitative estimate of drug-likeness (QED) is 0.414. The van der Waals surface area contributed by atoms with Crippen molar-refractivity contribution < 1.29 is 19.1 Å². The zero-order valence-corrected chi connectivity index (χ0v) is 5.99. The summed E-state index contributed by atoms with van der Waals surface area (Å²) in [5, 5.41) is 0. The van der Waals surface area contributed by atoms with Gasteiger partial charge in [-0.2, -0.15) is 0 Å². The zero-order chi connectivity index (χ0) is 8.10. The monoisotopic (exact) mass is 159 g/mol. The average molecular weight is 159 g/mol. The number of ether oxygens (including phenoxy) is 2. The third-order valence-electron chi connectivity index (χ3n) is 1.39. The molecule has 0 spiro atoms. The lowest BCUT2D eigenvalue weighted by atomic mass is 10.5. The van der Waals surface area contributed by atoms with E-state index < -0.39 is 0 Å². The van der Waals surface area contributed by atoms with Crippen LogP contribution in [0.1, 0.15) is 0 Å². The molecule has 1 amide bonds. The molecule has 1 heterocycles. The fourth-order valence-electron chi connectivity index (χ4n) is 0.840. The maximum Gasteiger partial charge on any atom is 0.410 e. The van der Waals surface area contributed by atoms with Crippen molar-refractivity contribution in [2.75, 3.05) is 26.3 Å². The fourth-order valence-corrected chi connectivity index (χ4v) is 0.840. The molecule has 1 aliphatic heterocycles. The van der Waals surface area contributed by atoms with E-state index in [2.05, 4.69) is 9.47 Å². The predicted octanol–water partition coefficient (Wildman–Crippen LogP) is -0.388. The number of carbonyl (C=O) groups excluding carboxylic acids is 2. The van der Waals surface area contributed by atoms with Crippen molar-refractivity contribution in [2.45, 2.75) is 0 Å². The number of hydrogen-bond donors (Lipinski definition) is 0. The molecule has 0 aromatic rings. The number of carbonyl (C=O) groups is 2. The van der Waals surface area contributed by atoms with Crippen molar-refractivity contribution in [3.8, 4) is 0 Å². The topological polar surface area (TPSA) is 55.8 Å². The van der Waals surface area contributed by atoms with Gasteiger partial charge >= 0.3 is 6.09 Å². The van der Waals surface area contributed by atoms with E-state index in [1.165, 1.54) is 4.90 Å². The minimum absolute atomic E-state index is 0.235. The van der Waals surface area contributed by atoms with Gasteiger partial charge in [-0.05, 0) is 0 Å². The minimum atomic E-state index is -0.334. The van der Waals surface area contributed by atoms with Crippen LogP contribution < -0.4 is 0 Å². The molecule has 0 unspecified atom stereocenters. The highest BCUT2D eigenvalue weighted by Gasteiger charge is 2.20. The third-order valence-corrected chi connectivity index (χ3v) is 1.39. The van der Waals surface area contributed by atoms with Crippen LogP contribution in [-0.4, -0.2) is 43.8 Å². The highest BCUT2D eigenvalue weighted by Crippen LogP contribution is 2.01. The molecule has 0 N–H and O–H groups in total. The first kappa shape index (κ1) is 7.84. The Bertz CT molecular complexity index is 159. The SMILES string of the molecule is O=COCCN1CCOC1=O. The standard InChI is InChI=1S/C6H9NO4/c8-5-10-3-1-7-2-4-11-6(7)9/h5H,1-4H2. The van der Waals surface area contributed by atoms with Crippen molar-refractivity contribution in [3.63, 3.8) is 0 Å². The van der Waals surface area contributed by atoms with E-state index in [9.17, 15) is 9.59 Å². The third kappa shape index (κ3) is 2.10. The number of amides is 1. The van der Waals surface area contributed by atoms with Crippen molar-refractivity contribution in [1.82, 2.24) is 4.90 Å². The summed E-state index contributed by atoms with van der Waals surface area (Å²) in [5.74, 6) is 0. The van der Waals surface area contributed by atoms with Gasteiger partial charge in [-0.25, -0.2) is 4.79 Å². The van der Waals surface area contributed by atoms with E-state index in [1.54, 1.807) is 0 Å². The molecule has 1 rings (SSSR count).